The van der Waals surface area contributed by atoms with Crippen LogP contribution in [0.2, 0.25) is 0 Å². The maximum atomic E-state index is 11.1. The Hall–Kier alpha value is -1.19. The highest BCUT2D eigenvalue weighted by atomic mass is 16.6. The molecule has 4 heteroatoms. The maximum Gasteiger partial charge on any atom is 0.378 e. The third kappa shape index (κ3) is 17.2. The molecular weight excluding hydrogens is 304 g/mol. The Morgan fingerprint density at radius 1 is 0.667 bits per heavy atom. The lowest BCUT2D eigenvalue weighted by molar-refractivity contribution is -0.161. The predicted octanol–water partition coefficient (Wildman–Crippen LogP) is 5.52. The van der Waals surface area contributed by atoms with Crippen LogP contribution < -0.4 is 0 Å². The molecule has 4 nitrogen and oxygen atoms in total. The highest BCUT2D eigenvalue weighted by molar-refractivity contribution is 6.22. The molecule has 0 atom stereocenters. The number of carbonyl (C=O) groups is 3. The summed E-state index contributed by atoms with van der Waals surface area (Å²) in [7, 11) is 0. The zero-order valence-corrected chi connectivity index (χ0v) is 15.5. The molecule has 0 aromatic heterocycles. The molecule has 0 saturated carbocycles. The van der Waals surface area contributed by atoms with Crippen molar-refractivity contribution in [2.45, 2.75) is 110 Å². The van der Waals surface area contributed by atoms with Gasteiger partial charge in [-0.2, -0.15) is 0 Å². The average molecular weight is 341 g/mol. The lowest BCUT2D eigenvalue weighted by Gasteiger charge is -2.03. The van der Waals surface area contributed by atoms with Gasteiger partial charge in [0.25, 0.3) is 0 Å². The van der Waals surface area contributed by atoms with Crippen LogP contribution in [0.1, 0.15) is 110 Å². The second kappa shape index (κ2) is 18.2. The minimum atomic E-state index is -1.10. The van der Waals surface area contributed by atoms with E-state index in [1.54, 1.807) is 0 Å². The second-order valence-corrected chi connectivity index (χ2v) is 6.61. The van der Waals surface area contributed by atoms with E-state index in [-0.39, 0.29) is 12.7 Å². The molecule has 0 fully saturated rings. The minimum absolute atomic E-state index is 0.0182. The van der Waals surface area contributed by atoms with Crippen LogP contribution in [0.3, 0.4) is 0 Å². The Bertz CT molecular complexity index is 326. The summed E-state index contributed by atoms with van der Waals surface area (Å²) < 4.78 is 4.27. The first kappa shape index (κ1) is 22.8. The van der Waals surface area contributed by atoms with E-state index in [0.717, 1.165) is 19.3 Å². The Morgan fingerprint density at radius 2 is 1.04 bits per heavy atom. The fourth-order valence-corrected chi connectivity index (χ4v) is 2.83. The largest absolute Gasteiger partial charge is 0.387 e. The standard InChI is InChI=1S/C20H36O4/c1-2-3-4-5-6-7-8-9-10-11-12-13-14-15-16-17-19(22)24-20(23)18-21/h18H,2-17H2,1H3. The van der Waals surface area contributed by atoms with Crippen molar-refractivity contribution in [3.63, 3.8) is 0 Å². The zero-order chi connectivity index (χ0) is 17.9. The quantitative estimate of drug-likeness (QED) is 0.115. The molecule has 0 aliphatic rings. The Labute approximate surface area is 147 Å². The second-order valence-electron chi connectivity index (χ2n) is 6.61. The van der Waals surface area contributed by atoms with E-state index >= 15 is 0 Å². The lowest BCUT2D eigenvalue weighted by atomic mass is 10.0. The van der Waals surface area contributed by atoms with Crippen LogP contribution >= 0.6 is 0 Å². The van der Waals surface area contributed by atoms with Gasteiger partial charge in [-0.1, -0.05) is 96.8 Å². The van der Waals surface area contributed by atoms with Gasteiger partial charge in [-0.15, -0.1) is 0 Å². The van der Waals surface area contributed by atoms with Crippen LogP contribution in [0.4, 0.5) is 0 Å². The first-order valence-corrected chi connectivity index (χ1v) is 9.90. The van der Waals surface area contributed by atoms with Gasteiger partial charge in [0.05, 0.1) is 0 Å². The Kier molecular flexibility index (Phi) is 17.3. The normalized spacial score (nSPS) is 10.5. The van der Waals surface area contributed by atoms with Crippen molar-refractivity contribution in [3.05, 3.63) is 0 Å². The topological polar surface area (TPSA) is 60.4 Å². The Morgan fingerprint density at radius 3 is 1.42 bits per heavy atom. The molecule has 0 aliphatic carbocycles. The van der Waals surface area contributed by atoms with E-state index < -0.39 is 11.9 Å². The molecule has 0 amide bonds. The molecule has 0 saturated heterocycles. The number of ether oxygens (including phenoxy) is 1. The molecule has 0 bridgehead atoms. The monoisotopic (exact) mass is 340 g/mol. The summed E-state index contributed by atoms with van der Waals surface area (Å²) in [6.07, 6.45) is 19.3. The minimum Gasteiger partial charge on any atom is -0.387 e. The van der Waals surface area contributed by atoms with Crippen molar-refractivity contribution in [2.24, 2.45) is 0 Å². The molecule has 0 heterocycles. The molecule has 0 spiro atoms. The first-order valence-electron chi connectivity index (χ1n) is 9.90. The van der Waals surface area contributed by atoms with Crippen molar-refractivity contribution < 1.29 is 19.1 Å². The fraction of sp³-hybridized carbons (Fsp3) is 0.850. The average Bonchev–Trinajstić information content (AvgIpc) is 2.58. The van der Waals surface area contributed by atoms with Gasteiger partial charge >= 0.3 is 11.9 Å². The van der Waals surface area contributed by atoms with Gasteiger partial charge in [-0.25, -0.2) is 4.79 Å². The summed E-state index contributed by atoms with van der Waals surface area (Å²) in [5.74, 6) is -1.69. The summed E-state index contributed by atoms with van der Waals surface area (Å²) in [6.45, 7) is 2.26. The molecule has 0 rings (SSSR count). The number of esters is 2. The van der Waals surface area contributed by atoms with E-state index in [0.29, 0.717) is 0 Å². The highest BCUT2D eigenvalue weighted by Crippen LogP contribution is 2.13. The van der Waals surface area contributed by atoms with Crippen molar-refractivity contribution in [3.8, 4) is 0 Å². The van der Waals surface area contributed by atoms with Gasteiger partial charge in [-0.3, -0.25) is 9.59 Å². The molecule has 0 aromatic rings. The molecule has 0 aliphatic heterocycles. The molecule has 0 unspecified atom stereocenters. The van der Waals surface area contributed by atoms with Gasteiger partial charge in [0.15, 0.2) is 0 Å². The van der Waals surface area contributed by atoms with Crippen LogP contribution in [-0.2, 0) is 19.1 Å². The smallest absolute Gasteiger partial charge is 0.378 e. The summed E-state index contributed by atoms with van der Waals surface area (Å²) in [6, 6.07) is 0. The van der Waals surface area contributed by atoms with Crippen LogP contribution in [0.15, 0.2) is 0 Å². The van der Waals surface area contributed by atoms with Gasteiger partial charge < -0.3 is 4.74 Å². The summed E-state index contributed by atoms with van der Waals surface area (Å²) in [5.41, 5.74) is 0. The summed E-state index contributed by atoms with van der Waals surface area (Å²) in [4.78, 5) is 31.7. The van der Waals surface area contributed by atoms with Crippen molar-refractivity contribution >= 4 is 18.2 Å². The van der Waals surface area contributed by atoms with Gasteiger partial charge in [0.2, 0.25) is 6.29 Å². The van der Waals surface area contributed by atoms with Crippen LogP contribution in [0.25, 0.3) is 0 Å². The third-order valence-electron chi connectivity index (χ3n) is 4.30. The van der Waals surface area contributed by atoms with E-state index in [4.69, 9.17) is 0 Å². The van der Waals surface area contributed by atoms with Crippen LogP contribution in [-0.4, -0.2) is 18.2 Å². The SMILES string of the molecule is CCCCCCCCCCCCCCCCCC(=O)OC(=O)C=O. The molecule has 0 N–H and O–H groups in total. The van der Waals surface area contributed by atoms with Gasteiger partial charge in [0.1, 0.15) is 0 Å². The van der Waals surface area contributed by atoms with Crippen molar-refractivity contribution in [1.82, 2.24) is 0 Å². The number of hydrogen-bond acceptors (Lipinski definition) is 4. The molecule has 0 aromatic carbocycles. The predicted molar refractivity (Wildman–Crippen MR) is 96.7 cm³/mol. The van der Waals surface area contributed by atoms with Crippen molar-refractivity contribution in [1.29, 1.82) is 0 Å². The number of hydrogen-bond donors (Lipinski definition) is 0. The number of rotatable bonds is 17. The van der Waals surface area contributed by atoms with E-state index in [1.165, 1.54) is 77.0 Å². The number of aldehydes is 1. The van der Waals surface area contributed by atoms with Crippen LogP contribution in [0, 0.1) is 0 Å². The summed E-state index contributed by atoms with van der Waals surface area (Å²) >= 11 is 0. The lowest BCUT2D eigenvalue weighted by Crippen LogP contribution is -2.12. The van der Waals surface area contributed by atoms with Crippen LogP contribution in [0.5, 0.6) is 0 Å². The van der Waals surface area contributed by atoms with Gasteiger partial charge in [0, 0.05) is 6.42 Å². The van der Waals surface area contributed by atoms with E-state index in [2.05, 4.69) is 11.7 Å². The Balaban J connectivity index is 3.13. The highest BCUT2D eigenvalue weighted by Gasteiger charge is 2.08. The maximum absolute atomic E-state index is 11.1. The van der Waals surface area contributed by atoms with E-state index in [1.807, 2.05) is 0 Å². The fourth-order valence-electron chi connectivity index (χ4n) is 2.83. The molecule has 140 valence electrons. The first-order chi connectivity index (χ1) is 11.7. The zero-order valence-electron chi connectivity index (χ0n) is 15.5. The number of unbranched alkanes of at least 4 members (excludes halogenated alkanes) is 14. The molecule has 24 heavy (non-hydrogen) atoms. The third-order valence-corrected chi connectivity index (χ3v) is 4.30. The summed E-state index contributed by atoms with van der Waals surface area (Å²) in [5, 5.41) is 0. The molecular formula is C20H36O4. The van der Waals surface area contributed by atoms with Gasteiger partial charge in [-0.05, 0) is 6.42 Å². The number of carbonyl (C=O) groups excluding carboxylic acids is 3. The van der Waals surface area contributed by atoms with Crippen molar-refractivity contribution in [2.75, 3.05) is 0 Å². The van der Waals surface area contributed by atoms with E-state index in [9.17, 15) is 14.4 Å². The molecule has 0 radical (unpaired) electrons.